The molecule has 0 amide bonds. The second-order valence-corrected chi connectivity index (χ2v) is 11.8. The van der Waals surface area contributed by atoms with E-state index >= 15 is 4.39 Å². The predicted octanol–water partition coefficient (Wildman–Crippen LogP) is 5.48. The Labute approximate surface area is 242 Å². The monoisotopic (exact) mass is 594 g/mol. The predicted molar refractivity (Wildman–Crippen MR) is 157 cm³/mol. The number of halogens is 3. The summed E-state index contributed by atoms with van der Waals surface area (Å²) in [5.41, 5.74) is 13.2. The zero-order valence-electron chi connectivity index (χ0n) is 21.9. The smallest absolute Gasteiger partial charge is 0.319 e. The average Bonchev–Trinajstić information content (AvgIpc) is 3.51. The number of pyridine rings is 1. The summed E-state index contributed by atoms with van der Waals surface area (Å²) in [6.45, 7) is 3.20. The summed E-state index contributed by atoms with van der Waals surface area (Å²) in [6.07, 6.45) is 3.15. The van der Waals surface area contributed by atoms with Gasteiger partial charge < -0.3 is 26.4 Å². The van der Waals surface area contributed by atoms with Crippen molar-refractivity contribution in [1.82, 2.24) is 25.3 Å². The van der Waals surface area contributed by atoms with Crippen LogP contribution in [0.4, 0.5) is 25.5 Å². The SMILES string of the molecule is CC(Oc1nc(N2CC3CCC(C2)N3)c2cc(Cl)c(-c3ccc(F)c4sc(N)nc34)c(F)c2n1)c1cccnc1N. The molecule has 2 bridgehead atoms. The standard InChI is InChI=1S/C28H25ClF2N8OS/c1-12(15-3-2-8-34-25(15)32)40-28-37-22-17(26(38-28)39-10-13-4-5-14(11-39)35-13)9-18(29)20(21(22)31)16-6-7-19(30)24-23(16)36-27(33)41-24/h2-3,6-9,12-14,35H,4-5,10-11H2,1H3,(H2,32,34)(H2,33,36). The molecule has 0 saturated carbocycles. The molecule has 7 rings (SSSR count). The summed E-state index contributed by atoms with van der Waals surface area (Å²) in [4.78, 5) is 19.8. The number of anilines is 3. The van der Waals surface area contributed by atoms with Crippen molar-refractivity contribution >= 4 is 60.8 Å². The van der Waals surface area contributed by atoms with Gasteiger partial charge in [-0.3, -0.25) is 0 Å². The third-order valence-corrected chi connectivity index (χ3v) is 8.92. The van der Waals surface area contributed by atoms with Crippen LogP contribution in [-0.4, -0.2) is 45.1 Å². The van der Waals surface area contributed by atoms with Gasteiger partial charge in [0.15, 0.2) is 10.9 Å². The normalized spacial score (nSPS) is 19.3. The molecule has 3 unspecified atom stereocenters. The van der Waals surface area contributed by atoms with E-state index in [1.54, 1.807) is 31.3 Å². The zero-order valence-corrected chi connectivity index (χ0v) is 23.4. The number of nitrogens with one attached hydrogen (secondary N) is 1. The van der Waals surface area contributed by atoms with E-state index in [-0.39, 0.29) is 37.5 Å². The van der Waals surface area contributed by atoms with Crippen LogP contribution >= 0.6 is 22.9 Å². The van der Waals surface area contributed by atoms with Crippen molar-refractivity contribution in [2.45, 2.75) is 38.0 Å². The highest BCUT2D eigenvalue weighted by Crippen LogP contribution is 2.43. The van der Waals surface area contributed by atoms with Gasteiger partial charge >= 0.3 is 6.01 Å². The van der Waals surface area contributed by atoms with Gasteiger partial charge in [-0.05, 0) is 44.0 Å². The Bertz CT molecular complexity index is 1820. The van der Waals surface area contributed by atoms with Crippen molar-refractivity contribution in [2.24, 2.45) is 0 Å². The third kappa shape index (κ3) is 4.46. The van der Waals surface area contributed by atoms with Crippen LogP contribution in [0.3, 0.4) is 0 Å². The summed E-state index contributed by atoms with van der Waals surface area (Å²) in [7, 11) is 0. The molecule has 2 aliphatic rings. The molecule has 3 atom stereocenters. The van der Waals surface area contributed by atoms with Crippen LogP contribution in [0.15, 0.2) is 36.5 Å². The number of hydrogen-bond donors (Lipinski definition) is 3. The summed E-state index contributed by atoms with van der Waals surface area (Å²) in [5.74, 6) is -0.327. The van der Waals surface area contributed by atoms with Gasteiger partial charge in [0.25, 0.3) is 0 Å². The van der Waals surface area contributed by atoms with Gasteiger partial charge in [0.05, 0.1) is 15.2 Å². The fourth-order valence-electron chi connectivity index (χ4n) is 5.86. The first-order valence-corrected chi connectivity index (χ1v) is 14.4. The molecular weight excluding hydrogens is 570 g/mol. The van der Waals surface area contributed by atoms with Gasteiger partial charge in [0, 0.05) is 53.4 Å². The Morgan fingerprint density at radius 1 is 1.10 bits per heavy atom. The second-order valence-electron chi connectivity index (χ2n) is 10.4. The number of ether oxygens (including phenoxy) is 1. The highest BCUT2D eigenvalue weighted by Gasteiger charge is 2.34. The van der Waals surface area contributed by atoms with Gasteiger partial charge in [-0.15, -0.1) is 0 Å². The number of benzene rings is 2. The number of nitrogen functional groups attached to an aromatic ring is 2. The van der Waals surface area contributed by atoms with Gasteiger partial charge in [-0.25, -0.2) is 18.7 Å². The Morgan fingerprint density at radius 2 is 1.88 bits per heavy atom. The Hall–Kier alpha value is -3.87. The van der Waals surface area contributed by atoms with E-state index in [9.17, 15) is 4.39 Å². The molecule has 210 valence electrons. The maximum atomic E-state index is 16.6. The highest BCUT2D eigenvalue weighted by molar-refractivity contribution is 7.22. The quantitative estimate of drug-likeness (QED) is 0.242. The van der Waals surface area contributed by atoms with Gasteiger partial charge in [-0.2, -0.15) is 9.97 Å². The van der Waals surface area contributed by atoms with Gasteiger partial charge in [0.1, 0.15) is 29.1 Å². The van der Waals surface area contributed by atoms with Gasteiger partial charge in [0.2, 0.25) is 0 Å². The molecule has 3 aromatic heterocycles. The van der Waals surface area contributed by atoms with Crippen molar-refractivity contribution in [3.05, 3.63) is 58.7 Å². The van der Waals surface area contributed by atoms with Crippen molar-refractivity contribution < 1.29 is 13.5 Å². The number of piperazine rings is 1. The molecular formula is C28H25ClF2N8OS. The van der Waals surface area contributed by atoms with Crippen LogP contribution in [0, 0.1) is 11.6 Å². The fourth-order valence-corrected chi connectivity index (χ4v) is 6.92. The molecule has 13 heteroatoms. The molecule has 0 radical (unpaired) electrons. The Morgan fingerprint density at radius 3 is 2.63 bits per heavy atom. The first-order valence-electron chi connectivity index (χ1n) is 13.2. The molecule has 2 aliphatic heterocycles. The van der Waals surface area contributed by atoms with Crippen LogP contribution in [0.1, 0.15) is 31.4 Å². The van der Waals surface area contributed by atoms with Crippen LogP contribution in [0.5, 0.6) is 6.01 Å². The molecule has 2 saturated heterocycles. The Kier molecular flexibility index (Phi) is 6.29. The average molecular weight is 595 g/mol. The lowest BCUT2D eigenvalue weighted by atomic mass is 10.0. The van der Waals surface area contributed by atoms with E-state index in [1.165, 1.54) is 12.1 Å². The minimum absolute atomic E-state index is 0.0107. The van der Waals surface area contributed by atoms with Crippen LogP contribution in [-0.2, 0) is 0 Å². The molecule has 5 aromatic rings. The lowest BCUT2D eigenvalue weighted by Gasteiger charge is -2.34. The molecule has 2 aromatic carbocycles. The zero-order chi connectivity index (χ0) is 28.4. The number of fused-ring (bicyclic) bond motifs is 4. The number of aromatic nitrogens is 4. The first kappa shape index (κ1) is 26.1. The van der Waals surface area contributed by atoms with Crippen LogP contribution in [0.2, 0.25) is 5.02 Å². The molecule has 41 heavy (non-hydrogen) atoms. The topological polar surface area (TPSA) is 128 Å². The van der Waals surface area contributed by atoms with Gasteiger partial charge in [-0.1, -0.05) is 29.0 Å². The Balaban J connectivity index is 1.42. The van der Waals surface area contributed by atoms with E-state index in [0.717, 1.165) is 24.2 Å². The molecule has 5 heterocycles. The lowest BCUT2D eigenvalue weighted by Crippen LogP contribution is -2.51. The minimum Gasteiger partial charge on any atom is -0.455 e. The van der Waals surface area contributed by atoms with E-state index in [2.05, 4.69) is 25.2 Å². The largest absolute Gasteiger partial charge is 0.455 e. The van der Waals surface area contributed by atoms with E-state index < -0.39 is 17.7 Å². The summed E-state index contributed by atoms with van der Waals surface area (Å²) >= 11 is 7.76. The van der Waals surface area contributed by atoms with Crippen molar-refractivity contribution in [1.29, 1.82) is 0 Å². The second kappa shape index (κ2) is 9.89. The summed E-state index contributed by atoms with van der Waals surface area (Å²) in [6, 6.07) is 8.53. The number of rotatable bonds is 5. The maximum Gasteiger partial charge on any atom is 0.319 e. The van der Waals surface area contributed by atoms with E-state index in [1.807, 2.05) is 0 Å². The number of thiazole rings is 1. The first-order chi connectivity index (χ1) is 19.8. The number of nitrogens with two attached hydrogens (primary N) is 2. The molecule has 5 N–H and O–H groups in total. The molecule has 2 fully saturated rings. The van der Waals surface area contributed by atoms with Crippen molar-refractivity contribution in [2.75, 3.05) is 29.5 Å². The molecule has 0 aliphatic carbocycles. The van der Waals surface area contributed by atoms with Crippen molar-refractivity contribution in [3.63, 3.8) is 0 Å². The lowest BCUT2D eigenvalue weighted by molar-refractivity contribution is 0.208. The third-order valence-electron chi connectivity index (χ3n) is 7.73. The number of hydrogen-bond acceptors (Lipinski definition) is 10. The minimum atomic E-state index is -0.688. The van der Waals surface area contributed by atoms with E-state index in [4.69, 9.17) is 32.8 Å². The van der Waals surface area contributed by atoms with Crippen LogP contribution < -0.4 is 26.4 Å². The maximum absolute atomic E-state index is 16.6. The van der Waals surface area contributed by atoms with Crippen LogP contribution in [0.25, 0.3) is 32.2 Å². The van der Waals surface area contributed by atoms with Crippen molar-refractivity contribution in [3.8, 4) is 17.1 Å². The summed E-state index contributed by atoms with van der Waals surface area (Å²) < 4.78 is 37.5. The molecule has 0 spiro atoms. The highest BCUT2D eigenvalue weighted by atomic mass is 35.5. The van der Waals surface area contributed by atoms with E-state index in [0.29, 0.717) is 53.3 Å². The summed E-state index contributed by atoms with van der Waals surface area (Å²) in [5, 5.41) is 4.35. The number of nitrogens with zero attached hydrogens (tertiary/aromatic N) is 5. The molecule has 9 nitrogen and oxygen atoms in total. The fraction of sp³-hybridized carbons (Fsp3) is 0.286.